The van der Waals surface area contributed by atoms with Crippen molar-refractivity contribution in [1.29, 1.82) is 0 Å². The van der Waals surface area contributed by atoms with Crippen LogP contribution >= 0.6 is 11.6 Å². The lowest BCUT2D eigenvalue weighted by atomic mass is 9.84. The zero-order valence-electron chi connectivity index (χ0n) is 13.6. The molecule has 1 heterocycles. The summed E-state index contributed by atoms with van der Waals surface area (Å²) < 4.78 is 0. The molecule has 2 aliphatic rings. The van der Waals surface area contributed by atoms with Gasteiger partial charge in [0.15, 0.2) is 0 Å². The van der Waals surface area contributed by atoms with Gasteiger partial charge < -0.3 is 5.32 Å². The Morgan fingerprint density at radius 3 is 2.58 bits per heavy atom. The van der Waals surface area contributed by atoms with Crippen molar-refractivity contribution in [1.82, 2.24) is 10.7 Å². The average Bonchev–Trinajstić information content (AvgIpc) is 3.11. The van der Waals surface area contributed by atoms with Gasteiger partial charge >= 0.3 is 0 Å². The van der Waals surface area contributed by atoms with Crippen molar-refractivity contribution in [3.8, 4) is 0 Å². The third-order valence-corrected chi connectivity index (χ3v) is 5.17. The van der Waals surface area contributed by atoms with Crippen LogP contribution in [0.25, 0.3) is 0 Å². The Hall–Kier alpha value is -1.88. The highest BCUT2D eigenvalue weighted by Gasteiger charge is 2.27. The molecule has 2 N–H and O–H groups in total. The van der Waals surface area contributed by atoms with Crippen molar-refractivity contribution < 1.29 is 9.59 Å². The van der Waals surface area contributed by atoms with E-state index in [9.17, 15) is 9.59 Å². The second-order valence-electron chi connectivity index (χ2n) is 6.51. The monoisotopic (exact) mass is 347 g/mol. The molecular formula is C18H22ClN3O2. The molecule has 5 nitrogen and oxygen atoms in total. The lowest BCUT2D eigenvalue weighted by molar-refractivity contribution is -0.121. The molecular weight excluding hydrogens is 326 g/mol. The third kappa shape index (κ3) is 4.15. The highest BCUT2D eigenvalue weighted by Crippen LogP contribution is 2.37. The van der Waals surface area contributed by atoms with Gasteiger partial charge in [-0.1, -0.05) is 36.6 Å². The number of halogens is 1. The summed E-state index contributed by atoms with van der Waals surface area (Å²) in [7, 11) is 0. The molecule has 1 aliphatic heterocycles. The maximum Gasteiger partial charge on any atom is 0.267 e. The van der Waals surface area contributed by atoms with Crippen LogP contribution in [0.1, 0.15) is 50.0 Å². The highest BCUT2D eigenvalue weighted by atomic mass is 35.5. The Morgan fingerprint density at radius 2 is 1.96 bits per heavy atom. The predicted octanol–water partition coefficient (Wildman–Crippen LogP) is 3.00. The molecule has 1 unspecified atom stereocenters. The van der Waals surface area contributed by atoms with Gasteiger partial charge in [0, 0.05) is 30.3 Å². The maximum absolute atomic E-state index is 12.3. The summed E-state index contributed by atoms with van der Waals surface area (Å²) in [5, 5.41) is 7.58. The quantitative estimate of drug-likeness (QED) is 0.859. The van der Waals surface area contributed by atoms with E-state index in [2.05, 4.69) is 28.0 Å². The fourth-order valence-electron chi connectivity index (χ4n) is 3.57. The van der Waals surface area contributed by atoms with E-state index in [1.807, 2.05) is 12.1 Å². The first-order valence-corrected chi connectivity index (χ1v) is 8.90. The number of benzene rings is 1. The summed E-state index contributed by atoms with van der Waals surface area (Å²) in [5.74, 6) is 0.537. The van der Waals surface area contributed by atoms with Crippen molar-refractivity contribution in [3.63, 3.8) is 0 Å². The molecule has 0 aromatic heterocycles. The van der Waals surface area contributed by atoms with Crippen molar-refractivity contribution in [2.75, 3.05) is 6.54 Å². The Labute approximate surface area is 146 Å². The molecule has 1 atom stereocenters. The zero-order valence-corrected chi connectivity index (χ0v) is 14.3. The number of hydrogen-bond donors (Lipinski definition) is 2. The standard InChI is InChI=1S/C18H22ClN3O2/c19-14-7-5-13(6-8-14)15(12-3-1-2-4-12)11-20-18(24)16-9-10-17(23)22-21-16/h5-8,12,15H,1-4,9-11H2,(H,20,24)(H,22,23). The van der Waals surface area contributed by atoms with E-state index in [4.69, 9.17) is 11.6 Å². The first kappa shape index (κ1) is 17.0. The Bertz CT molecular complexity index is 636. The van der Waals surface area contributed by atoms with Gasteiger partial charge in [-0.25, -0.2) is 5.43 Å². The van der Waals surface area contributed by atoms with Crippen molar-refractivity contribution in [2.24, 2.45) is 11.0 Å². The summed E-state index contributed by atoms with van der Waals surface area (Å²) >= 11 is 6.00. The van der Waals surface area contributed by atoms with Crippen molar-refractivity contribution in [2.45, 2.75) is 44.4 Å². The molecule has 1 saturated carbocycles. The molecule has 0 radical (unpaired) electrons. The van der Waals surface area contributed by atoms with Crippen molar-refractivity contribution >= 4 is 29.1 Å². The maximum atomic E-state index is 12.3. The van der Waals surface area contributed by atoms with Gasteiger partial charge in [0.25, 0.3) is 5.91 Å². The van der Waals surface area contributed by atoms with Crippen LogP contribution in [0.4, 0.5) is 0 Å². The highest BCUT2D eigenvalue weighted by molar-refractivity contribution is 6.39. The van der Waals surface area contributed by atoms with Crippen LogP contribution in [-0.2, 0) is 9.59 Å². The minimum absolute atomic E-state index is 0.142. The summed E-state index contributed by atoms with van der Waals surface area (Å²) in [5.41, 5.74) is 3.98. The molecule has 0 spiro atoms. The number of nitrogens with zero attached hydrogens (tertiary/aromatic N) is 1. The SMILES string of the molecule is O=C1CCC(C(=O)NCC(c2ccc(Cl)cc2)C2CCCC2)=NN1. The molecule has 0 bridgehead atoms. The number of rotatable bonds is 5. The summed E-state index contributed by atoms with van der Waals surface area (Å²) in [6.07, 6.45) is 5.60. The van der Waals surface area contributed by atoms with Gasteiger partial charge in [-0.2, -0.15) is 5.10 Å². The van der Waals surface area contributed by atoms with Crippen LogP contribution < -0.4 is 10.7 Å². The largest absolute Gasteiger partial charge is 0.350 e. The lowest BCUT2D eigenvalue weighted by Gasteiger charge is -2.25. The van der Waals surface area contributed by atoms with Crippen LogP contribution in [0.5, 0.6) is 0 Å². The molecule has 3 rings (SSSR count). The smallest absolute Gasteiger partial charge is 0.267 e. The Kier molecular flexibility index (Phi) is 5.51. The molecule has 1 fully saturated rings. The second kappa shape index (κ2) is 7.79. The predicted molar refractivity (Wildman–Crippen MR) is 94.0 cm³/mol. The van der Waals surface area contributed by atoms with Crippen LogP contribution in [0, 0.1) is 5.92 Å². The molecule has 1 aliphatic carbocycles. The Morgan fingerprint density at radius 1 is 1.25 bits per heavy atom. The van der Waals surface area contributed by atoms with E-state index in [1.54, 1.807) is 0 Å². The van der Waals surface area contributed by atoms with Gasteiger partial charge in [-0.3, -0.25) is 9.59 Å². The average molecular weight is 348 g/mol. The van der Waals surface area contributed by atoms with E-state index in [0.29, 0.717) is 31.0 Å². The van der Waals surface area contributed by atoms with E-state index in [1.165, 1.54) is 31.2 Å². The number of amides is 2. The van der Waals surface area contributed by atoms with Gasteiger partial charge in [0.2, 0.25) is 5.91 Å². The summed E-state index contributed by atoms with van der Waals surface area (Å²) in [6.45, 7) is 0.581. The van der Waals surface area contributed by atoms with E-state index in [0.717, 1.165) is 5.02 Å². The van der Waals surface area contributed by atoms with Crippen LogP contribution in [-0.4, -0.2) is 24.1 Å². The van der Waals surface area contributed by atoms with E-state index < -0.39 is 0 Å². The Balaban J connectivity index is 1.66. The van der Waals surface area contributed by atoms with E-state index >= 15 is 0 Å². The first-order chi connectivity index (χ1) is 11.6. The molecule has 0 saturated heterocycles. The van der Waals surface area contributed by atoms with Crippen molar-refractivity contribution in [3.05, 3.63) is 34.9 Å². The summed E-state index contributed by atoms with van der Waals surface area (Å²) in [6, 6.07) is 7.91. The zero-order chi connectivity index (χ0) is 16.9. The van der Waals surface area contributed by atoms with Gasteiger partial charge in [-0.15, -0.1) is 0 Å². The first-order valence-electron chi connectivity index (χ1n) is 8.52. The van der Waals surface area contributed by atoms with Gasteiger partial charge in [0.1, 0.15) is 5.71 Å². The topological polar surface area (TPSA) is 70.6 Å². The fourth-order valence-corrected chi connectivity index (χ4v) is 3.69. The number of hydrazone groups is 1. The number of nitrogens with one attached hydrogen (secondary N) is 2. The minimum atomic E-state index is -0.188. The van der Waals surface area contributed by atoms with Crippen LogP contribution in [0.2, 0.25) is 5.02 Å². The van der Waals surface area contributed by atoms with Crippen LogP contribution in [0.15, 0.2) is 29.4 Å². The fraction of sp³-hybridized carbons (Fsp3) is 0.500. The summed E-state index contributed by atoms with van der Waals surface area (Å²) in [4.78, 5) is 23.4. The third-order valence-electron chi connectivity index (χ3n) is 4.92. The van der Waals surface area contributed by atoms with Gasteiger partial charge in [0.05, 0.1) is 0 Å². The molecule has 128 valence electrons. The second-order valence-corrected chi connectivity index (χ2v) is 6.94. The number of carbonyl (C=O) groups excluding carboxylic acids is 2. The molecule has 6 heteroatoms. The molecule has 1 aromatic rings. The number of hydrogen-bond acceptors (Lipinski definition) is 3. The van der Waals surface area contributed by atoms with E-state index in [-0.39, 0.29) is 17.7 Å². The lowest BCUT2D eigenvalue weighted by Crippen LogP contribution is -2.39. The molecule has 24 heavy (non-hydrogen) atoms. The normalized spacial score (nSPS) is 19.5. The molecule has 2 amide bonds. The molecule has 1 aromatic carbocycles. The number of carbonyl (C=O) groups is 2. The minimum Gasteiger partial charge on any atom is -0.350 e. The van der Waals surface area contributed by atoms with Crippen LogP contribution in [0.3, 0.4) is 0 Å². The van der Waals surface area contributed by atoms with Gasteiger partial charge in [-0.05, 0) is 36.5 Å².